The summed E-state index contributed by atoms with van der Waals surface area (Å²) < 4.78 is 23.5. The number of ether oxygens (including phenoxy) is 4. The van der Waals surface area contributed by atoms with Crippen molar-refractivity contribution in [3.05, 3.63) is 107 Å². The van der Waals surface area contributed by atoms with Crippen LogP contribution in [0, 0.1) is 0 Å². The summed E-state index contributed by atoms with van der Waals surface area (Å²) in [4.78, 5) is 18.4. The van der Waals surface area contributed by atoms with E-state index in [2.05, 4.69) is 66.3 Å². The summed E-state index contributed by atoms with van der Waals surface area (Å²) in [6, 6.07) is 23.2. The van der Waals surface area contributed by atoms with Crippen molar-refractivity contribution < 1.29 is 59.8 Å². The second kappa shape index (κ2) is 23.2. The minimum Gasteiger partial charge on any atom is -0.465 e. The van der Waals surface area contributed by atoms with Crippen LogP contribution >= 0.6 is 0 Å². The highest BCUT2D eigenvalue weighted by atomic mass is 16.7. The largest absolute Gasteiger partial charge is 0.465 e. The van der Waals surface area contributed by atoms with Gasteiger partial charge in [0.1, 0.15) is 53.7 Å². The molecule has 2 saturated heterocycles. The summed E-state index contributed by atoms with van der Waals surface area (Å²) in [5.74, 6) is 0.778. The van der Waals surface area contributed by atoms with Crippen LogP contribution in [-0.2, 0) is 22.3 Å². The maximum absolute atomic E-state index is 10.9. The van der Waals surface area contributed by atoms with E-state index in [0.29, 0.717) is 11.5 Å². The van der Waals surface area contributed by atoms with Crippen LogP contribution in [0.25, 0.3) is 68.6 Å². The zero-order valence-electron chi connectivity index (χ0n) is 41.4. The van der Waals surface area contributed by atoms with Gasteiger partial charge in [-0.3, -0.25) is 0 Å². The summed E-state index contributed by atoms with van der Waals surface area (Å²) in [6.45, 7) is 2.54. The zero-order chi connectivity index (χ0) is 51.2. The van der Waals surface area contributed by atoms with Crippen molar-refractivity contribution in [2.45, 2.75) is 139 Å². The van der Waals surface area contributed by atoms with Gasteiger partial charge in [0.15, 0.2) is 0 Å². The number of aryl methyl sites for hydroxylation is 2. The number of aromatic amines is 2. The lowest BCUT2D eigenvalue weighted by Crippen LogP contribution is -2.61. The molecule has 0 spiro atoms. The van der Waals surface area contributed by atoms with Crippen LogP contribution in [0.15, 0.2) is 72.8 Å². The van der Waals surface area contributed by atoms with E-state index in [9.17, 15) is 40.9 Å². The molecule has 10 N–H and O–H groups in total. The Balaban J connectivity index is 1.17. The molecular weight excluding hydrogens is 933 g/mol. The predicted octanol–water partition coefficient (Wildman–Crippen LogP) is 6.98. The van der Waals surface area contributed by atoms with Gasteiger partial charge in [-0.25, -0.2) is 9.97 Å². The highest BCUT2D eigenvalue weighted by molar-refractivity contribution is 5.94. The number of fused-ring (bicyclic) bond motifs is 8. The Morgan fingerprint density at radius 2 is 1.03 bits per heavy atom. The Labute approximate surface area is 424 Å². The lowest BCUT2D eigenvalue weighted by Gasteiger charge is -2.43. The van der Waals surface area contributed by atoms with Crippen LogP contribution < -0.4 is 9.47 Å². The Morgan fingerprint density at radius 3 is 1.51 bits per heavy atom. The number of rotatable bonds is 19. The number of H-pyrrole nitrogens is 2. The number of hydrogen-bond donors (Lipinski definition) is 10. The normalized spacial score (nSPS) is 24.8. The van der Waals surface area contributed by atoms with Gasteiger partial charge in [-0.15, -0.1) is 0 Å². The monoisotopic (exact) mass is 1000 g/mol. The molecule has 9 rings (SSSR count). The van der Waals surface area contributed by atoms with E-state index in [4.69, 9.17) is 28.9 Å². The SMILES string of the molecule is CCCCCCc1c2nc(c(-c3ccc(O[C@@H]4OC(CO)[C@@H](O)C(O)C4O)cc3)c3ccc([nH]3)c(CCCCCC)c3nc(c(-c4ccc(OC5CC(O)(CO)C(O)[C@@H](CO)O5)cc4)c4ccc1[nH]4)C=C3)C=C2. The number of benzene rings is 2. The average molecular weight is 1000 g/mol. The summed E-state index contributed by atoms with van der Waals surface area (Å²) in [7, 11) is 0. The molecule has 7 heterocycles. The molecule has 0 aliphatic carbocycles. The fourth-order valence-electron chi connectivity index (χ4n) is 10.2. The number of nitrogens with one attached hydrogen (secondary N) is 2. The van der Waals surface area contributed by atoms with Gasteiger partial charge < -0.3 is 69.8 Å². The quantitative estimate of drug-likeness (QED) is 0.0367. The molecule has 4 aliphatic rings. The van der Waals surface area contributed by atoms with Crippen molar-refractivity contribution in [1.29, 1.82) is 0 Å². The summed E-state index contributed by atoms with van der Waals surface area (Å²) in [5.41, 5.74) is 10.4. The van der Waals surface area contributed by atoms with E-state index in [1.165, 1.54) is 0 Å². The Morgan fingerprint density at radius 1 is 0.548 bits per heavy atom. The molecule has 73 heavy (non-hydrogen) atoms. The molecule has 16 nitrogen and oxygen atoms in total. The van der Waals surface area contributed by atoms with Crippen molar-refractivity contribution in [2.75, 3.05) is 19.8 Å². The topological polar surface area (TPSA) is 256 Å². The van der Waals surface area contributed by atoms with E-state index < -0.39 is 74.6 Å². The minimum absolute atomic E-state index is 0.207. The molecule has 0 radical (unpaired) electrons. The first-order valence-electron chi connectivity index (χ1n) is 25.7. The highest BCUT2D eigenvalue weighted by Gasteiger charge is 2.49. The number of hydrogen-bond acceptors (Lipinski definition) is 14. The van der Waals surface area contributed by atoms with Crippen molar-refractivity contribution in [3.63, 3.8) is 0 Å². The molecule has 0 amide bonds. The smallest absolute Gasteiger partial charge is 0.229 e. The maximum Gasteiger partial charge on any atom is 0.229 e. The molecule has 9 atom stereocenters. The van der Waals surface area contributed by atoms with Crippen LogP contribution in [0.5, 0.6) is 11.5 Å². The molecule has 3 aromatic heterocycles. The maximum atomic E-state index is 10.9. The number of aliphatic hydroxyl groups excluding tert-OH is 7. The average Bonchev–Trinajstić information content (AvgIpc) is 4.27. The highest BCUT2D eigenvalue weighted by Crippen LogP contribution is 2.38. The fraction of sp³-hybridized carbons (Fsp3) is 0.439. The fourth-order valence-corrected chi connectivity index (χ4v) is 10.2. The second-order valence-electron chi connectivity index (χ2n) is 19.5. The van der Waals surface area contributed by atoms with Gasteiger partial charge in [-0.1, -0.05) is 76.6 Å². The van der Waals surface area contributed by atoms with E-state index in [-0.39, 0.29) is 6.42 Å². The molecule has 6 unspecified atom stereocenters. The summed E-state index contributed by atoms with van der Waals surface area (Å²) in [5, 5.41) is 82.4. The van der Waals surface area contributed by atoms with Crippen LogP contribution in [0.3, 0.4) is 0 Å². The minimum atomic E-state index is -1.91. The second-order valence-corrected chi connectivity index (χ2v) is 19.5. The number of aliphatic hydroxyl groups is 8. The zero-order valence-corrected chi connectivity index (χ0v) is 41.4. The molecule has 2 fully saturated rings. The first kappa shape index (κ1) is 52.1. The molecule has 16 heteroatoms. The van der Waals surface area contributed by atoms with Gasteiger partial charge in [0.05, 0.1) is 42.6 Å². The summed E-state index contributed by atoms with van der Waals surface area (Å²) >= 11 is 0. The van der Waals surface area contributed by atoms with Gasteiger partial charge >= 0.3 is 0 Å². The molecular formula is C57H68N4O12. The first-order chi connectivity index (χ1) is 35.4. The van der Waals surface area contributed by atoms with Crippen molar-refractivity contribution >= 4 is 46.4 Å². The van der Waals surface area contributed by atoms with Crippen molar-refractivity contribution in [2.24, 2.45) is 0 Å². The lowest BCUT2D eigenvalue weighted by atomic mass is 9.87. The molecule has 5 aromatic rings. The number of nitrogens with zero attached hydrogens (tertiary/aromatic N) is 2. The van der Waals surface area contributed by atoms with E-state index in [1.54, 1.807) is 24.3 Å². The van der Waals surface area contributed by atoms with Crippen molar-refractivity contribution in [3.8, 4) is 33.8 Å². The van der Waals surface area contributed by atoms with Gasteiger partial charge in [0, 0.05) is 50.7 Å². The number of unbranched alkanes of at least 4 members (excludes halogenated alkanes) is 6. The molecule has 8 bridgehead atoms. The summed E-state index contributed by atoms with van der Waals surface area (Å²) in [6.07, 6.45) is 7.38. The molecule has 2 aromatic carbocycles. The van der Waals surface area contributed by atoms with Crippen molar-refractivity contribution in [1.82, 2.24) is 19.9 Å². The van der Waals surface area contributed by atoms with Gasteiger partial charge in [0.2, 0.25) is 12.6 Å². The Bertz CT molecular complexity index is 2900. The van der Waals surface area contributed by atoms with Crippen LogP contribution in [0.1, 0.15) is 106 Å². The Hall–Kier alpha value is -5.76. The third-order valence-corrected chi connectivity index (χ3v) is 14.4. The van der Waals surface area contributed by atoms with E-state index in [0.717, 1.165) is 142 Å². The first-order valence-corrected chi connectivity index (χ1v) is 25.7. The standard InChI is InChI=1S/C57H68N4O12/c1-3-5-7-9-11-37-39-21-25-43(58-39)50(33-13-17-35(18-14-33)70-49-29-57(69,32-64)55(68)48(31-63)72-49)44-26-22-40(59-44)38(12-10-8-6-4-2)42-24-28-46(61-42)51(45-27-23-41(37)60-45)34-15-19-36(20-16-34)71-56-54(67)53(66)52(65)47(30-62)73-56/h13-28,47-49,52-56,58,61-69H,3-12,29-32H2,1-2H3/t47?,48-,49?,52-,53?,54?,55?,56-,57?/m1/s1. The van der Waals surface area contributed by atoms with E-state index in [1.807, 2.05) is 30.3 Å². The third kappa shape index (κ3) is 11.2. The molecule has 0 saturated carbocycles. The van der Waals surface area contributed by atoms with Gasteiger partial charge in [-0.05, 0) is 110 Å². The predicted molar refractivity (Wildman–Crippen MR) is 279 cm³/mol. The van der Waals surface area contributed by atoms with Gasteiger partial charge in [-0.2, -0.15) is 0 Å². The third-order valence-electron chi connectivity index (χ3n) is 14.4. The lowest BCUT2D eigenvalue weighted by molar-refractivity contribution is -0.277. The van der Waals surface area contributed by atoms with Crippen LogP contribution in [0.4, 0.5) is 0 Å². The van der Waals surface area contributed by atoms with Gasteiger partial charge in [0.25, 0.3) is 0 Å². The van der Waals surface area contributed by atoms with Crippen LogP contribution in [-0.4, -0.2) is 135 Å². The molecule has 388 valence electrons. The van der Waals surface area contributed by atoms with Crippen LogP contribution in [0.2, 0.25) is 0 Å². The number of aromatic nitrogens is 4. The Kier molecular flexibility index (Phi) is 16.6. The molecule has 4 aliphatic heterocycles. The van der Waals surface area contributed by atoms with E-state index >= 15 is 0 Å².